The molecule has 3 N–H and O–H groups in total. The van der Waals surface area contributed by atoms with Crippen molar-refractivity contribution in [2.45, 2.75) is 43.4 Å². The van der Waals surface area contributed by atoms with Crippen LogP contribution in [0.3, 0.4) is 0 Å². The lowest BCUT2D eigenvalue weighted by Gasteiger charge is -2.37. The van der Waals surface area contributed by atoms with Gasteiger partial charge in [-0.2, -0.15) is 0 Å². The molecule has 0 radical (unpaired) electrons. The number of halogens is 1. The van der Waals surface area contributed by atoms with Crippen molar-refractivity contribution in [2.75, 3.05) is 38.2 Å². The van der Waals surface area contributed by atoms with Crippen molar-refractivity contribution in [1.29, 1.82) is 0 Å². The summed E-state index contributed by atoms with van der Waals surface area (Å²) in [5.74, 6) is 0.685. The molecule has 3 aromatic heterocycles. The van der Waals surface area contributed by atoms with E-state index < -0.39 is 0 Å². The SMILES string of the molecule is CSc1nc2cc(F)cnc2n1C1CCN(C(=O)C2CCN(Cc3cc[nH+]c(N)c3)CC2)CC1. The van der Waals surface area contributed by atoms with E-state index in [1.54, 1.807) is 11.8 Å². The maximum absolute atomic E-state index is 13.6. The van der Waals surface area contributed by atoms with Crippen LogP contribution in [0.1, 0.15) is 37.3 Å². The van der Waals surface area contributed by atoms with Crippen LogP contribution in [0.15, 0.2) is 35.7 Å². The summed E-state index contributed by atoms with van der Waals surface area (Å²) in [6, 6.07) is 5.68. The van der Waals surface area contributed by atoms with Gasteiger partial charge in [-0.15, -0.1) is 0 Å². The van der Waals surface area contributed by atoms with Gasteiger partial charge in [0.15, 0.2) is 10.8 Å². The Hall–Kier alpha value is -2.72. The van der Waals surface area contributed by atoms with Crippen molar-refractivity contribution >= 4 is 34.7 Å². The molecular weight excluding hydrogens is 453 g/mol. The number of rotatable bonds is 5. The minimum absolute atomic E-state index is 0.0995. The first-order valence-corrected chi connectivity index (χ1v) is 13.1. The summed E-state index contributed by atoms with van der Waals surface area (Å²) < 4.78 is 15.8. The van der Waals surface area contributed by atoms with Crippen LogP contribution >= 0.6 is 11.8 Å². The number of piperidine rings is 2. The lowest BCUT2D eigenvalue weighted by molar-refractivity contribution is -0.360. The molecule has 0 atom stereocenters. The molecule has 3 aromatic rings. The van der Waals surface area contributed by atoms with E-state index >= 15 is 0 Å². The first kappa shape index (κ1) is 23.0. The molecule has 1 amide bonds. The Kier molecular flexibility index (Phi) is 6.69. The number of imidazole rings is 1. The number of fused-ring (bicyclic) bond motifs is 1. The van der Waals surface area contributed by atoms with Crippen molar-refractivity contribution in [3.8, 4) is 0 Å². The number of nitrogen functional groups attached to an aromatic ring is 1. The smallest absolute Gasteiger partial charge is 0.270 e. The van der Waals surface area contributed by atoms with E-state index in [0.29, 0.717) is 11.3 Å². The Morgan fingerprint density at radius 2 is 1.97 bits per heavy atom. The number of H-pyrrole nitrogens is 1. The molecule has 0 unspecified atom stereocenters. The first-order valence-electron chi connectivity index (χ1n) is 11.9. The Bertz CT molecular complexity index is 1170. The van der Waals surface area contributed by atoms with Gasteiger partial charge in [0.05, 0.1) is 12.4 Å². The van der Waals surface area contributed by atoms with Crippen LogP contribution in [0.4, 0.5) is 10.2 Å². The van der Waals surface area contributed by atoms with E-state index in [9.17, 15) is 9.18 Å². The number of hydrogen-bond donors (Lipinski definition) is 1. The summed E-state index contributed by atoms with van der Waals surface area (Å²) in [5, 5.41) is 0.850. The third-order valence-corrected chi connectivity index (χ3v) is 7.67. The van der Waals surface area contributed by atoms with Crippen LogP contribution in [0.2, 0.25) is 0 Å². The average molecular weight is 485 g/mol. The number of nitrogens with zero attached hydrogens (tertiary/aromatic N) is 5. The van der Waals surface area contributed by atoms with E-state index in [4.69, 9.17) is 5.73 Å². The van der Waals surface area contributed by atoms with E-state index in [2.05, 4.69) is 30.5 Å². The summed E-state index contributed by atoms with van der Waals surface area (Å²) in [7, 11) is 0. The molecule has 0 aliphatic carbocycles. The van der Waals surface area contributed by atoms with Gasteiger partial charge in [-0.25, -0.2) is 19.3 Å². The topological polar surface area (TPSA) is 94.4 Å². The van der Waals surface area contributed by atoms with E-state index in [0.717, 1.165) is 69.2 Å². The molecule has 0 bridgehead atoms. The highest BCUT2D eigenvalue weighted by atomic mass is 32.2. The van der Waals surface area contributed by atoms with Crippen LogP contribution in [0.25, 0.3) is 11.2 Å². The molecule has 5 rings (SSSR count). The highest BCUT2D eigenvalue weighted by molar-refractivity contribution is 7.98. The fraction of sp³-hybridized carbons (Fsp3) is 0.500. The number of carbonyl (C=O) groups is 1. The second-order valence-corrected chi connectivity index (χ2v) is 10.00. The van der Waals surface area contributed by atoms with Crippen molar-refractivity contribution in [3.05, 3.63) is 42.0 Å². The number of amides is 1. The highest BCUT2D eigenvalue weighted by Gasteiger charge is 2.32. The van der Waals surface area contributed by atoms with E-state index in [-0.39, 0.29) is 23.7 Å². The maximum atomic E-state index is 13.6. The molecule has 10 heteroatoms. The number of anilines is 1. The quantitative estimate of drug-likeness (QED) is 0.560. The molecule has 0 saturated carbocycles. The molecule has 2 aliphatic heterocycles. The molecule has 2 aliphatic rings. The molecule has 180 valence electrons. The Labute approximate surface area is 202 Å². The van der Waals surface area contributed by atoms with Crippen LogP contribution < -0.4 is 10.7 Å². The number of nitrogens with one attached hydrogen (secondary N) is 1. The van der Waals surface area contributed by atoms with E-state index in [1.807, 2.05) is 23.4 Å². The summed E-state index contributed by atoms with van der Waals surface area (Å²) in [6.07, 6.45) is 8.60. The number of hydrogen-bond acceptors (Lipinski definition) is 6. The minimum Gasteiger partial charge on any atom is -0.342 e. The van der Waals surface area contributed by atoms with Gasteiger partial charge in [0, 0.05) is 43.7 Å². The Morgan fingerprint density at radius 3 is 2.68 bits per heavy atom. The number of pyridine rings is 2. The van der Waals surface area contributed by atoms with Gasteiger partial charge in [-0.1, -0.05) is 11.8 Å². The van der Waals surface area contributed by atoms with Gasteiger partial charge in [-0.3, -0.25) is 15.4 Å². The maximum Gasteiger partial charge on any atom is 0.270 e. The van der Waals surface area contributed by atoms with Gasteiger partial charge in [-0.05, 0) is 56.7 Å². The standard InChI is InChI=1S/C24H30FN7OS/c1-34-24-29-20-13-18(25)14-28-22(20)32(24)19-5-10-31(11-6-19)23(33)17-3-8-30(9-4-17)15-16-2-7-27-21(26)12-16/h2,7,12-14,17,19H,3-6,8-11,15H2,1H3,(H2,26,27)/p+1. The average Bonchev–Trinajstić information content (AvgIpc) is 3.22. The highest BCUT2D eigenvalue weighted by Crippen LogP contribution is 2.32. The normalized spacial score (nSPS) is 18.6. The minimum atomic E-state index is -0.373. The van der Waals surface area contributed by atoms with Gasteiger partial charge in [0.25, 0.3) is 5.82 Å². The number of aromatic nitrogens is 4. The molecule has 34 heavy (non-hydrogen) atoms. The zero-order valence-corrected chi connectivity index (χ0v) is 20.2. The van der Waals surface area contributed by atoms with Crippen LogP contribution in [0, 0.1) is 11.7 Å². The number of likely N-dealkylation sites (tertiary alicyclic amines) is 2. The summed E-state index contributed by atoms with van der Waals surface area (Å²) in [6.45, 7) is 4.17. The van der Waals surface area contributed by atoms with Gasteiger partial charge in [0.2, 0.25) is 5.91 Å². The van der Waals surface area contributed by atoms with Crippen molar-refractivity contribution in [2.24, 2.45) is 5.92 Å². The number of thioether (sulfide) groups is 1. The molecule has 5 heterocycles. The lowest BCUT2D eigenvalue weighted by atomic mass is 9.93. The summed E-state index contributed by atoms with van der Waals surface area (Å²) >= 11 is 1.55. The Morgan fingerprint density at radius 1 is 1.21 bits per heavy atom. The first-order chi connectivity index (χ1) is 16.5. The number of nitrogens with two attached hydrogens (primary N) is 1. The summed E-state index contributed by atoms with van der Waals surface area (Å²) in [4.78, 5) is 29.5. The molecule has 2 fully saturated rings. The third kappa shape index (κ3) is 4.74. The van der Waals surface area contributed by atoms with Crippen molar-refractivity contribution in [3.63, 3.8) is 0 Å². The molecule has 0 aromatic carbocycles. The number of carbonyl (C=O) groups excluding carboxylic acids is 1. The lowest BCUT2D eigenvalue weighted by Crippen LogP contribution is -2.45. The second-order valence-electron chi connectivity index (χ2n) is 9.22. The van der Waals surface area contributed by atoms with Crippen LogP contribution in [-0.4, -0.2) is 62.7 Å². The second kappa shape index (κ2) is 9.87. The predicted octanol–water partition coefficient (Wildman–Crippen LogP) is 2.76. The third-order valence-electron chi connectivity index (χ3n) is 7.02. The fourth-order valence-electron chi connectivity index (χ4n) is 5.24. The van der Waals surface area contributed by atoms with E-state index in [1.165, 1.54) is 17.8 Å². The van der Waals surface area contributed by atoms with Gasteiger partial charge < -0.3 is 9.47 Å². The van der Waals surface area contributed by atoms with Crippen molar-refractivity contribution < 1.29 is 14.2 Å². The molecular formula is C24H31FN7OS+. The van der Waals surface area contributed by atoms with Crippen LogP contribution in [-0.2, 0) is 11.3 Å². The zero-order chi connectivity index (χ0) is 23.7. The monoisotopic (exact) mass is 484 g/mol. The molecule has 0 spiro atoms. The zero-order valence-electron chi connectivity index (χ0n) is 19.4. The molecule has 8 nitrogen and oxygen atoms in total. The fourth-order valence-corrected chi connectivity index (χ4v) is 5.86. The largest absolute Gasteiger partial charge is 0.342 e. The van der Waals surface area contributed by atoms with Crippen molar-refractivity contribution in [1.82, 2.24) is 24.3 Å². The predicted molar refractivity (Wildman–Crippen MR) is 130 cm³/mol. The molecule has 2 saturated heterocycles. The van der Waals surface area contributed by atoms with Crippen LogP contribution in [0.5, 0.6) is 0 Å². The Balaban J connectivity index is 1.17. The van der Waals surface area contributed by atoms with Gasteiger partial charge in [0.1, 0.15) is 11.3 Å². The summed E-state index contributed by atoms with van der Waals surface area (Å²) in [5.41, 5.74) is 8.35. The number of aromatic amines is 1. The van der Waals surface area contributed by atoms with Gasteiger partial charge >= 0.3 is 0 Å².